The minimum atomic E-state index is -0.608. The molecule has 0 radical (unpaired) electrons. The first-order valence-corrected chi connectivity index (χ1v) is 11.0. The number of halogens is 1. The van der Waals surface area contributed by atoms with Gasteiger partial charge >= 0.3 is 0 Å². The molecule has 2 aromatic carbocycles. The maximum absolute atomic E-state index is 13.2. The number of carbonyl (C=O) groups is 2. The number of amides is 2. The molecule has 0 heterocycles. The molecule has 0 aliphatic heterocycles. The summed E-state index contributed by atoms with van der Waals surface area (Å²) in [5, 5.41) is 2.89. The second-order valence-electron chi connectivity index (χ2n) is 7.44. The number of thioether (sulfide) groups is 1. The lowest BCUT2D eigenvalue weighted by Gasteiger charge is -2.29. The maximum atomic E-state index is 13.2. The Balaban J connectivity index is 2.04. The Kier molecular flexibility index (Phi) is 9.19. The number of nitrogens with zero attached hydrogens (tertiary/aromatic N) is 1. The lowest BCUT2D eigenvalue weighted by atomic mass is 10.1. The molecule has 0 bridgehead atoms. The van der Waals surface area contributed by atoms with Crippen LogP contribution in [0.2, 0.25) is 0 Å². The minimum absolute atomic E-state index is 0.109. The SMILES string of the molecule is CC(C)CNC(=O)C(C)N(Cc1ccc(F)cc1)C(=O)CSCc1ccccc1. The van der Waals surface area contributed by atoms with E-state index >= 15 is 0 Å². The summed E-state index contributed by atoms with van der Waals surface area (Å²) >= 11 is 1.52. The third-order valence-electron chi connectivity index (χ3n) is 4.46. The maximum Gasteiger partial charge on any atom is 0.242 e. The summed E-state index contributed by atoms with van der Waals surface area (Å²) in [5.41, 5.74) is 1.94. The molecule has 156 valence electrons. The van der Waals surface area contributed by atoms with Crippen molar-refractivity contribution in [3.05, 3.63) is 71.5 Å². The minimum Gasteiger partial charge on any atom is -0.354 e. The van der Waals surface area contributed by atoms with E-state index in [-0.39, 0.29) is 29.9 Å². The van der Waals surface area contributed by atoms with E-state index in [1.54, 1.807) is 24.0 Å². The molecule has 0 aromatic heterocycles. The zero-order valence-electron chi connectivity index (χ0n) is 17.2. The van der Waals surface area contributed by atoms with Gasteiger partial charge in [0.1, 0.15) is 11.9 Å². The molecular formula is C23H29FN2O2S. The standard InChI is InChI=1S/C23H29FN2O2S/c1-17(2)13-25-23(28)18(3)26(14-19-9-11-21(24)12-10-19)22(27)16-29-15-20-7-5-4-6-8-20/h4-12,17-18H,13-16H2,1-3H3,(H,25,28). The van der Waals surface area contributed by atoms with Gasteiger partial charge in [0.2, 0.25) is 11.8 Å². The molecule has 29 heavy (non-hydrogen) atoms. The number of carbonyl (C=O) groups excluding carboxylic acids is 2. The number of hydrogen-bond donors (Lipinski definition) is 1. The van der Waals surface area contributed by atoms with Crippen molar-refractivity contribution in [2.45, 2.75) is 39.1 Å². The van der Waals surface area contributed by atoms with Crippen LogP contribution in [0.3, 0.4) is 0 Å². The van der Waals surface area contributed by atoms with Crippen molar-refractivity contribution < 1.29 is 14.0 Å². The Hall–Kier alpha value is -2.34. The molecule has 1 atom stereocenters. The molecule has 0 fully saturated rings. The van der Waals surface area contributed by atoms with E-state index in [9.17, 15) is 14.0 Å². The summed E-state index contributed by atoms with van der Waals surface area (Å²) in [6, 6.07) is 15.4. The van der Waals surface area contributed by atoms with Crippen LogP contribution in [0.4, 0.5) is 4.39 Å². The van der Waals surface area contributed by atoms with Gasteiger partial charge in [0, 0.05) is 18.8 Å². The average Bonchev–Trinajstić information content (AvgIpc) is 2.71. The number of hydrogen-bond acceptors (Lipinski definition) is 3. The van der Waals surface area contributed by atoms with Gasteiger partial charge < -0.3 is 10.2 Å². The lowest BCUT2D eigenvalue weighted by molar-refractivity contribution is -0.138. The van der Waals surface area contributed by atoms with Gasteiger partial charge in [-0.05, 0) is 36.1 Å². The Morgan fingerprint density at radius 1 is 1.00 bits per heavy atom. The number of nitrogens with one attached hydrogen (secondary N) is 1. The van der Waals surface area contributed by atoms with Gasteiger partial charge in [-0.2, -0.15) is 0 Å². The largest absolute Gasteiger partial charge is 0.354 e. The molecule has 0 saturated carbocycles. The molecule has 0 spiro atoms. The zero-order valence-corrected chi connectivity index (χ0v) is 18.0. The monoisotopic (exact) mass is 416 g/mol. The number of benzene rings is 2. The summed E-state index contributed by atoms with van der Waals surface area (Å²) in [6.45, 7) is 6.60. The molecule has 0 saturated heterocycles. The van der Waals surface area contributed by atoms with Crippen molar-refractivity contribution >= 4 is 23.6 Å². The molecule has 4 nitrogen and oxygen atoms in total. The van der Waals surface area contributed by atoms with E-state index in [4.69, 9.17) is 0 Å². The van der Waals surface area contributed by atoms with E-state index in [0.29, 0.717) is 12.5 Å². The van der Waals surface area contributed by atoms with Crippen LogP contribution in [0.15, 0.2) is 54.6 Å². The van der Waals surface area contributed by atoms with Gasteiger partial charge in [0.15, 0.2) is 0 Å². The Morgan fingerprint density at radius 3 is 2.28 bits per heavy atom. The van der Waals surface area contributed by atoms with Crippen molar-refractivity contribution in [1.82, 2.24) is 10.2 Å². The molecule has 1 N–H and O–H groups in total. The van der Waals surface area contributed by atoms with E-state index in [2.05, 4.69) is 5.32 Å². The fourth-order valence-corrected chi connectivity index (χ4v) is 3.61. The van der Waals surface area contributed by atoms with Crippen LogP contribution < -0.4 is 5.32 Å². The highest BCUT2D eigenvalue weighted by molar-refractivity contribution is 7.99. The van der Waals surface area contributed by atoms with Gasteiger partial charge in [0.25, 0.3) is 0 Å². The second-order valence-corrected chi connectivity index (χ2v) is 8.43. The third-order valence-corrected chi connectivity index (χ3v) is 5.44. The summed E-state index contributed by atoms with van der Waals surface area (Å²) in [5.74, 6) is 0.717. The lowest BCUT2D eigenvalue weighted by Crippen LogP contribution is -2.48. The summed E-state index contributed by atoms with van der Waals surface area (Å²) in [4.78, 5) is 27.1. The van der Waals surface area contributed by atoms with Crippen LogP contribution in [-0.2, 0) is 21.9 Å². The smallest absolute Gasteiger partial charge is 0.242 e. The Morgan fingerprint density at radius 2 is 1.66 bits per heavy atom. The normalized spacial score (nSPS) is 11.9. The fraction of sp³-hybridized carbons (Fsp3) is 0.391. The molecule has 2 aromatic rings. The van der Waals surface area contributed by atoms with E-state index in [1.165, 1.54) is 23.9 Å². The van der Waals surface area contributed by atoms with E-state index in [0.717, 1.165) is 16.9 Å². The van der Waals surface area contributed by atoms with Crippen LogP contribution in [0.5, 0.6) is 0 Å². The van der Waals surface area contributed by atoms with Crippen LogP contribution in [0.1, 0.15) is 31.9 Å². The highest BCUT2D eigenvalue weighted by Crippen LogP contribution is 2.16. The van der Waals surface area contributed by atoms with Crippen LogP contribution in [-0.4, -0.2) is 35.1 Å². The van der Waals surface area contributed by atoms with E-state index < -0.39 is 6.04 Å². The molecule has 1 unspecified atom stereocenters. The van der Waals surface area contributed by atoms with Crippen molar-refractivity contribution in [2.75, 3.05) is 12.3 Å². The van der Waals surface area contributed by atoms with Crippen molar-refractivity contribution in [2.24, 2.45) is 5.92 Å². The highest BCUT2D eigenvalue weighted by Gasteiger charge is 2.26. The first-order chi connectivity index (χ1) is 13.9. The molecule has 0 aliphatic rings. The highest BCUT2D eigenvalue weighted by atomic mass is 32.2. The predicted molar refractivity (Wildman–Crippen MR) is 117 cm³/mol. The van der Waals surface area contributed by atoms with Crippen LogP contribution in [0.25, 0.3) is 0 Å². The van der Waals surface area contributed by atoms with Crippen molar-refractivity contribution in [1.29, 1.82) is 0 Å². The Bertz CT molecular complexity index is 781. The second kappa shape index (κ2) is 11.6. The fourth-order valence-electron chi connectivity index (χ4n) is 2.73. The van der Waals surface area contributed by atoms with Crippen LogP contribution in [0, 0.1) is 11.7 Å². The zero-order chi connectivity index (χ0) is 21.2. The molecule has 2 amide bonds. The molecule has 6 heteroatoms. The van der Waals surface area contributed by atoms with Gasteiger partial charge in [-0.1, -0.05) is 56.3 Å². The molecule has 2 rings (SSSR count). The van der Waals surface area contributed by atoms with Gasteiger partial charge in [-0.25, -0.2) is 4.39 Å². The summed E-state index contributed by atoms with van der Waals surface area (Å²) in [6.07, 6.45) is 0. The van der Waals surface area contributed by atoms with Gasteiger partial charge in [-0.3, -0.25) is 9.59 Å². The summed E-state index contributed by atoms with van der Waals surface area (Å²) < 4.78 is 13.2. The quantitative estimate of drug-likeness (QED) is 0.630. The predicted octanol–water partition coefficient (Wildman–Crippen LogP) is 4.25. The van der Waals surface area contributed by atoms with E-state index in [1.807, 2.05) is 44.2 Å². The average molecular weight is 417 g/mol. The van der Waals surface area contributed by atoms with Crippen LogP contribution >= 0.6 is 11.8 Å². The van der Waals surface area contributed by atoms with Gasteiger partial charge in [0.05, 0.1) is 5.75 Å². The summed E-state index contributed by atoms with van der Waals surface area (Å²) in [7, 11) is 0. The molecular weight excluding hydrogens is 387 g/mol. The van der Waals surface area contributed by atoms with Crippen molar-refractivity contribution in [3.63, 3.8) is 0 Å². The first-order valence-electron chi connectivity index (χ1n) is 9.80. The topological polar surface area (TPSA) is 49.4 Å². The number of rotatable bonds is 10. The van der Waals surface area contributed by atoms with Crippen molar-refractivity contribution in [3.8, 4) is 0 Å². The Labute approximate surface area is 176 Å². The van der Waals surface area contributed by atoms with Gasteiger partial charge in [-0.15, -0.1) is 11.8 Å². The molecule has 0 aliphatic carbocycles. The first kappa shape index (κ1) is 22.9. The third kappa shape index (κ3) is 7.89.